The van der Waals surface area contributed by atoms with E-state index in [0.717, 1.165) is 11.4 Å². The van der Waals surface area contributed by atoms with E-state index in [4.69, 9.17) is 5.11 Å². The summed E-state index contributed by atoms with van der Waals surface area (Å²) in [5, 5.41) is 16.9. The molecule has 0 fully saturated rings. The molecule has 1 aromatic rings. The summed E-state index contributed by atoms with van der Waals surface area (Å²) < 4.78 is 0. The third kappa shape index (κ3) is 5.69. The Labute approximate surface area is 116 Å². The van der Waals surface area contributed by atoms with Gasteiger partial charge in [0.05, 0.1) is 6.04 Å². The second-order valence-electron chi connectivity index (χ2n) is 4.39. The maximum absolute atomic E-state index is 11.7. The Morgan fingerprint density at radius 3 is 2.79 bits per heavy atom. The highest BCUT2D eigenvalue weighted by atomic mass is 32.1. The molecule has 2 atom stereocenters. The SMILES string of the molecule is CCC(NC(=O)NCC(C)CC(=O)O)c1nccs1. The maximum Gasteiger partial charge on any atom is 0.315 e. The van der Waals surface area contributed by atoms with Gasteiger partial charge in [-0.15, -0.1) is 11.3 Å². The lowest BCUT2D eigenvalue weighted by atomic mass is 10.1. The summed E-state index contributed by atoms with van der Waals surface area (Å²) in [7, 11) is 0. The van der Waals surface area contributed by atoms with E-state index in [1.807, 2.05) is 12.3 Å². The maximum atomic E-state index is 11.7. The number of thiazole rings is 1. The van der Waals surface area contributed by atoms with Gasteiger partial charge in [-0.25, -0.2) is 9.78 Å². The molecular weight excluding hydrogens is 266 g/mol. The van der Waals surface area contributed by atoms with E-state index in [1.165, 1.54) is 11.3 Å². The minimum atomic E-state index is -0.857. The van der Waals surface area contributed by atoms with Crippen LogP contribution >= 0.6 is 11.3 Å². The predicted molar refractivity (Wildman–Crippen MR) is 73.1 cm³/mol. The van der Waals surface area contributed by atoms with Crippen molar-refractivity contribution in [2.24, 2.45) is 5.92 Å². The summed E-state index contributed by atoms with van der Waals surface area (Å²) in [6.45, 7) is 4.10. The van der Waals surface area contributed by atoms with Gasteiger partial charge < -0.3 is 15.7 Å². The Balaban J connectivity index is 2.36. The molecule has 0 spiro atoms. The van der Waals surface area contributed by atoms with Crippen molar-refractivity contribution in [1.29, 1.82) is 0 Å². The molecule has 0 aliphatic carbocycles. The van der Waals surface area contributed by atoms with Gasteiger partial charge in [0.2, 0.25) is 0 Å². The van der Waals surface area contributed by atoms with Crippen molar-refractivity contribution in [1.82, 2.24) is 15.6 Å². The van der Waals surface area contributed by atoms with Crippen molar-refractivity contribution in [2.75, 3.05) is 6.54 Å². The predicted octanol–water partition coefficient (Wildman–Crippen LogP) is 2.00. The van der Waals surface area contributed by atoms with Crippen LogP contribution in [-0.2, 0) is 4.79 Å². The summed E-state index contributed by atoms with van der Waals surface area (Å²) in [4.78, 5) is 26.4. The van der Waals surface area contributed by atoms with Gasteiger partial charge in [-0.05, 0) is 12.3 Å². The first-order valence-electron chi connectivity index (χ1n) is 6.18. The minimum Gasteiger partial charge on any atom is -0.481 e. The molecule has 0 radical (unpaired) electrons. The van der Waals surface area contributed by atoms with Crippen LogP contribution in [0, 0.1) is 5.92 Å². The smallest absolute Gasteiger partial charge is 0.315 e. The average molecular weight is 285 g/mol. The molecule has 0 aliphatic heterocycles. The second kappa shape index (κ2) is 7.73. The summed E-state index contributed by atoms with van der Waals surface area (Å²) in [6.07, 6.45) is 2.51. The Kier molecular flexibility index (Phi) is 6.27. The molecule has 0 saturated carbocycles. The molecule has 2 unspecified atom stereocenters. The van der Waals surface area contributed by atoms with E-state index in [2.05, 4.69) is 15.6 Å². The first-order valence-corrected chi connectivity index (χ1v) is 7.06. The van der Waals surface area contributed by atoms with E-state index >= 15 is 0 Å². The van der Waals surface area contributed by atoms with E-state index in [-0.39, 0.29) is 24.4 Å². The molecule has 1 heterocycles. The van der Waals surface area contributed by atoms with Gasteiger partial charge in [0.25, 0.3) is 0 Å². The van der Waals surface area contributed by atoms with Crippen molar-refractivity contribution in [3.05, 3.63) is 16.6 Å². The van der Waals surface area contributed by atoms with Crippen LogP contribution in [0.25, 0.3) is 0 Å². The van der Waals surface area contributed by atoms with Gasteiger partial charge in [0.1, 0.15) is 5.01 Å². The molecule has 6 nitrogen and oxygen atoms in total. The zero-order valence-electron chi connectivity index (χ0n) is 11.0. The Morgan fingerprint density at radius 1 is 1.53 bits per heavy atom. The van der Waals surface area contributed by atoms with E-state index in [9.17, 15) is 9.59 Å². The number of hydrogen-bond donors (Lipinski definition) is 3. The van der Waals surface area contributed by atoms with E-state index in [1.54, 1.807) is 13.1 Å². The highest BCUT2D eigenvalue weighted by Crippen LogP contribution is 2.18. The third-order valence-electron chi connectivity index (χ3n) is 2.60. The molecule has 0 aliphatic rings. The minimum absolute atomic E-state index is 0.0456. The Morgan fingerprint density at radius 2 is 2.26 bits per heavy atom. The molecule has 19 heavy (non-hydrogen) atoms. The number of amides is 2. The largest absolute Gasteiger partial charge is 0.481 e. The fourth-order valence-electron chi connectivity index (χ4n) is 1.59. The Hall–Kier alpha value is -1.63. The zero-order chi connectivity index (χ0) is 14.3. The molecule has 0 aromatic carbocycles. The van der Waals surface area contributed by atoms with Crippen LogP contribution in [0.4, 0.5) is 4.79 Å². The number of carboxylic acid groups (broad SMARTS) is 1. The highest BCUT2D eigenvalue weighted by molar-refractivity contribution is 7.09. The number of aliphatic carboxylic acids is 1. The number of hydrogen-bond acceptors (Lipinski definition) is 4. The molecule has 2 amide bonds. The summed E-state index contributed by atoms with van der Waals surface area (Å²) in [5.74, 6) is -0.952. The lowest BCUT2D eigenvalue weighted by Gasteiger charge is -2.16. The number of carboxylic acids is 1. The van der Waals surface area contributed by atoms with Gasteiger partial charge in [-0.2, -0.15) is 0 Å². The molecule has 1 rings (SSSR count). The third-order valence-corrected chi connectivity index (χ3v) is 3.49. The Bertz CT molecular complexity index is 408. The number of carbonyl (C=O) groups is 2. The number of rotatable bonds is 7. The molecule has 7 heteroatoms. The standard InChI is InChI=1S/C12H19N3O3S/c1-3-9(11-13-4-5-19-11)15-12(18)14-7-8(2)6-10(16)17/h4-5,8-9H,3,6-7H2,1-2H3,(H,16,17)(H2,14,15,18). The molecular formula is C12H19N3O3S. The van der Waals surface area contributed by atoms with Crippen LogP contribution in [0.2, 0.25) is 0 Å². The van der Waals surface area contributed by atoms with E-state index in [0.29, 0.717) is 6.54 Å². The van der Waals surface area contributed by atoms with Crippen LogP contribution in [0.5, 0.6) is 0 Å². The number of carbonyl (C=O) groups excluding carboxylic acids is 1. The normalized spacial score (nSPS) is 13.6. The fourth-order valence-corrected chi connectivity index (χ4v) is 2.36. The lowest BCUT2D eigenvalue weighted by Crippen LogP contribution is -2.40. The van der Waals surface area contributed by atoms with Gasteiger partial charge in [0.15, 0.2) is 0 Å². The van der Waals surface area contributed by atoms with Crippen LogP contribution < -0.4 is 10.6 Å². The molecule has 106 valence electrons. The fraction of sp³-hybridized carbons (Fsp3) is 0.583. The van der Waals surface area contributed by atoms with Gasteiger partial charge >= 0.3 is 12.0 Å². The second-order valence-corrected chi connectivity index (χ2v) is 5.31. The quantitative estimate of drug-likeness (QED) is 0.714. The zero-order valence-corrected chi connectivity index (χ0v) is 11.9. The average Bonchev–Trinajstić information content (AvgIpc) is 2.86. The first kappa shape index (κ1) is 15.4. The van der Waals surface area contributed by atoms with Crippen molar-refractivity contribution >= 4 is 23.3 Å². The first-order chi connectivity index (χ1) is 9.02. The topological polar surface area (TPSA) is 91.3 Å². The van der Waals surface area contributed by atoms with Crippen molar-refractivity contribution in [2.45, 2.75) is 32.7 Å². The number of urea groups is 1. The number of aromatic nitrogens is 1. The summed E-state index contributed by atoms with van der Waals surface area (Å²) >= 11 is 1.50. The monoisotopic (exact) mass is 285 g/mol. The number of nitrogens with one attached hydrogen (secondary N) is 2. The summed E-state index contributed by atoms with van der Waals surface area (Å²) in [6, 6.07) is -0.394. The van der Waals surface area contributed by atoms with Crippen LogP contribution in [-0.4, -0.2) is 28.6 Å². The van der Waals surface area contributed by atoms with Crippen molar-refractivity contribution in [3.8, 4) is 0 Å². The molecule has 1 aromatic heterocycles. The number of nitrogens with zero attached hydrogens (tertiary/aromatic N) is 1. The van der Waals surface area contributed by atoms with Crippen LogP contribution in [0.3, 0.4) is 0 Å². The van der Waals surface area contributed by atoms with Crippen LogP contribution in [0.1, 0.15) is 37.7 Å². The van der Waals surface area contributed by atoms with Gasteiger partial charge in [-0.3, -0.25) is 4.79 Å². The molecule has 3 N–H and O–H groups in total. The lowest BCUT2D eigenvalue weighted by molar-refractivity contribution is -0.137. The molecule has 0 bridgehead atoms. The van der Waals surface area contributed by atoms with Crippen molar-refractivity contribution < 1.29 is 14.7 Å². The van der Waals surface area contributed by atoms with E-state index < -0.39 is 5.97 Å². The molecule has 0 saturated heterocycles. The summed E-state index contributed by atoms with van der Waals surface area (Å²) in [5.41, 5.74) is 0. The van der Waals surface area contributed by atoms with Crippen LogP contribution in [0.15, 0.2) is 11.6 Å². The van der Waals surface area contributed by atoms with Crippen molar-refractivity contribution in [3.63, 3.8) is 0 Å². The van der Waals surface area contributed by atoms with Gasteiger partial charge in [-0.1, -0.05) is 13.8 Å². The highest BCUT2D eigenvalue weighted by Gasteiger charge is 2.15. The van der Waals surface area contributed by atoms with Gasteiger partial charge in [0, 0.05) is 24.5 Å².